The molecule has 0 aromatic heterocycles. The second-order valence-corrected chi connectivity index (χ2v) is 7.19. The highest BCUT2D eigenvalue weighted by Crippen LogP contribution is 2.27. The Morgan fingerprint density at radius 1 is 1.04 bits per heavy atom. The van der Waals surface area contributed by atoms with E-state index in [-0.39, 0.29) is 0 Å². The first-order valence-corrected chi connectivity index (χ1v) is 9.91. The Morgan fingerprint density at radius 2 is 1.71 bits per heavy atom. The summed E-state index contributed by atoms with van der Waals surface area (Å²) in [4.78, 5) is 11.5. The van der Waals surface area contributed by atoms with Gasteiger partial charge in [0, 0.05) is 52.5 Å². The molecular formula is C22H31N5O. The minimum atomic E-state index is 0.345. The van der Waals surface area contributed by atoms with Crippen molar-refractivity contribution in [2.45, 2.75) is 13.5 Å². The Hall–Kier alpha value is -2.89. The van der Waals surface area contributed by atoms with Crippen molar-refractivity contribution in [1.29, 1.82) is 0 Å². The number of nitrogens with zero attached hydrogens (tertiary/aromatic N) is 4. The molecule has 0 aliphatic carbocycles. The maximum absolute atomic E-state index is 10.1. The van der Waals surface area contributed by atoms with Gasteiger partial charge in [-0.3, -0.25) is 0 Å². The molecular weight excluding hydrogens is 350 g/mol. The fourth-order valence-corrected chi connectivity index (χ4v) is 3.38. The number of benzene rings is 2. The molecule has 0 spiro atoms. The highest BCUT2D eigenvalue weighted by atomic mass is 16.3. The van der Waals surface area contributed by atoms with Crippen LogP contribution in [0.5, 0.6) is 5.75 Å². The lowest BCUT2D eigenvalue weighted by Gasteiger charge is -2.37. The molecule has 1 aliphatic rings. The van der Waals surface area contributed by atoms with Gasteiger partial charge in [0.1, 0.15) is 5.75 Å². The fraction of sp³-hybridized carbons (Fsp3) is 0.409. The van der Waals surface area contributed by atoms with E-state index >= 15 is 0 Å². The van der Waals surface area contributed by atoms with Crippen LogP contribution in [0.25, 0.3) is 0 Å². The number of para-hydroxylation sites is 2. The Balaban J connectivity index is 1.62. The molecule has 1 aliphatic heterocycles. The van der Waals surface area contributed by atoms with E-state index in [2.05, 4.69) is 51.2 Å². The molecule has 3 rings (SSSR count). The molecule has 2 N–H and O–H groups in total. The molecule has 0 bridgehead atoms. The summed E-state index contributed by atoms with van der Waals surface area (Å²) in [5, 5.41) is 13.5. The molecule has 1 fully saturated rings. The number of aromatic hydroxyl groups is 1. The lowest BCUT2D eigenvalue weighted by Crippen LogP contribution is -2.52. The fourth-order valence-electron chi connectivity index (χ4n) is 3.38. The van der Waals surface area contributed by atoms with E-state index < -0.39 is 0 Å². The second kappa shape index (κ2) is 9.35. The van der Waals surface area contributed by atoms with Gasteiger partial charge < -0.3 is 25.1 Å². The van der Waals surface area contributed by atoms with Gasteiger partial charge in [0.2, 0.25) is 0 Å². The zero-order valence-corrected chi connectivity index (χ0v) is 17.1. The van der Waals surface area contributed by atoms with Crippen LogP contribution in [0.3, 0.4) is 0 Å². The second-order valence-electron chi connectivity index (χ2n) is 7.19. The van der Waals surface area contributed by atoms with Crippen LogP contribution in [0.4, 0.5) is 11.4 Å². The zero-order valence-electron chi connectivity index (χ0n) is 17.1. The maximum atomic E-state index is 10.1. The number of phenolic OH excluding ortho intramolecular Hbond substituents is 1. The van der Waals surface area contributed by atoms with Gasteiger partial charge in [0.25, 0.3) is 0 Å². The van der Waals surface area contributed by atoms with Crippen LogP contribution < -0.4 is 15.1 Å². The van der Waals surface area contributed by atoms with Crippen LogP contribution in [0, 0.1) is 0 Å². The number of guanidine groups is 1. The summed E-state index contributed by atoms with van der Waals surface area (Å²) >= 11 is 0. The van der Waals surface area contributed by atoms with Crippen LogP contribution in [-0.4, -0.2) is 62.8 Å². The number of nitrogens with one attached hydrogen (secondary N) is 1. The minimum absolute atomic E-state index is 0.345. The van der Waals surface area contributed by atoms with Crippen LogP contribution in [0.2, 0.25) is 0 Å². The molecule has 1 saturated heterocycles. The van der Waals surface area contributed by atoms with Gasteiger partial charge in [-0.2, -0.15) is 0 Å². The largest absolute Gasteiger partial charge is 0.506 e. The van der Waals surface area contributed by atoms with Crippen LogP contribution in [0.15, 0.2) is 53.5 Å². The molecule has 2 aromatic rings. The molecule has 1 heterocycles. The molecule has 6 nitrogen and oxygen atoms in total. The minimum Gasteiger partial charge on any atom is -0.506 e. The summed E-state index contributed by atoms with van der Waals surface area (Å²) in [6.07, 6.45) is 0. The van der Waals surface area contributed by atoms with E-state index in [9.17, 15) is 5.11 Å². The summed E-state index contributed by atoms with van der Waals surface area (Å²) in [5.41, 5.74) is 3.30. The van der Waals surface area contributed by atoms with E-state index in [0.717, 1.165) is 44.4 Å². The van der Waals surface area contributed by atoms with Crippen molar-refractivity contribution in [1.82, 2.24) is 10.2 Å². The Bertz CT molecular complexity index is 780. The first-order valence-electron chi connectivity index (χ1n) is 9.91. The Morgan fingerprint density at radius 3 is 2.32 bits per heavy atom. The molecule has 0 atom stereocenters. The van der Waals surface area contributed by atoms with Crippen molar-refractivity contribution < 1.29 is 5.11 Å². The normalized spacial score (nSPS) is 14.9. The number of aliphatic imine (C=N–C) groups is 1. The van der Waals surface area contributed by atoms with Crippen molar-refractivity contribution in [2.24, 2.45) is 4.99 Å². The molecule has 0 unspecified atom stereocenters. The first-order chi connectivity index (χ1) is 13.6. The lowest BCUT2D eigenvalue weighted by molar-refractivity contribution is 0.369. The average molecular weight is 382 g/mol. The number of hydrogen-bond donors (Lipinski definition) is 2. The smallest absolute Gasteiger partial charge is 0.194 e. The van der Waals surface area contributed by atoms with E-state index in [0.29, 0.717) is 12.3 Å². The number of rotatable bonds is 5. The first kappa shape index (κ1) is 19.9. The molecule has 0 amide bonds. The topological polar surface area (TPSA) is 54.3 Å². The van der Waals surface area contributed by atoms with Crippen molar-refractivity contribution in [3.63, 3.8) is 0 Å². The SMILES string of the molecule is CCNC(=NCc1ccc(N(C)C)cc1)N1CCN(c2ccccc2O)CC1. The van der Waals surface area contributed by atoms with Crippen molar-refractivity contribution in [2.75, 3.05) is 56.6 Å². The van der Waals surface area contributed by atoms with Gasteiger partial charge in [-0.25, -0.2) is 4.99 Å². The standard InChI is InChI=1S/C22H31N5O/c1-4-23-22(24-17-18-9-11-19(12-10-18)25(2)3)27-15-13-26(14-16-27)20-7-5-6-8-21(20)28/h5-12,28H,4,13-17H2,1-3H3,(H,23,24). The summed E-state index contributed by atoms with van der Waals surface area (Å²) in [7, 11) is 4.09. The predicted octanol–water partition coefficient (Wildman–Crippen LogP) is 2.75. The molecule has 150 valence electrons. The van der Waals surface area contributed by atoms with Crippen LogP contribution >= 0.6 is 0 Å². The molecule has 28 heavy (non-hydrogen) atoms. The zero-order chi connectivity index (χ0) is 19.9. The van der Waals surface area contributed by atoms with E-state index in [1.807, 2.05) is 32.3 Å². The molecule has 2 aromatic carbocycles. The highest BCUT2D eigenvalue weighted by molar-refractivity contribution is 5.80. The molecule has 0 saturated carbocycles. The number of piperazine rings is 1. The molecule has 6 heteroatoms. The van der Waals surface area contributed by atoms with Crippen LogP contribution in [-0.2, 0) is 6.54 Å². The predicted molar refractivity (Wildman–Crippen MR) is 117 cm³/mol. The van der Waals surface area contributed by atoms with E-state index in [4.69, 9.17) is 4.99 Å². The number of anilines is 2. The third kappa shape index (κ3) is 4.88. The average Bonchev–Trinajstić information content (AvgIpc) is 2.72. The Labute approximate surface area is 168 Å². The quantitative estimate of drug-likeness (QED) is 0.616. The highest BCUT2D eigenvalue weighted by Gasteiger charge is 2.21. The summed E-state index contributed by atoms with van der Waals surface area (Å²) in [6.45, 7) is 7.08. The van der Waals surface area contributed by atoms with E-state index in [1.54, 1.807) is 6.07 Å². The van der Waals surface area contributed by atoms with Crippen molar-refractivity contribution >= 4 is 17.3 Å². The third-order valence-electron chi connectivity index (χ3n) is 5.00. The summed E-state index contributed by atoms with van der Waals surface area (Å²) in [5.74, 6) is 1.30. The van der Waals surface area contributed by atoms with E-state index in [1.165, 1.54) is 11.3 Å². The summed E-state index contributed by atoms with van der Waals surface area (Å²) < 4.78 is 0. The monoisotopic (exact) mass is 381 g/mol. The van der Waals surface area contributed by atoms with Gasteiger partial charge >= 0.3 is 0 Å². The van der Waals surface area contributed by atoms with Gasteiger partial charge in [0.05, 0.1) is 12.2 Å². The third-order valence-corrected chi connectivity index (χ3v) is 5.00. The molecule has 0 radical (unpaired) electrons. The van der Waals surface area contributed by atoms with Gasteiger partial charge in [-0.05, 0) is 36.8 Å². The van der Waals surface area contributed by atoms with Crippen molar-refractivity contribution in [3.05, 3.63) is 54.1 Å². The van der Waals surface area contributed by atoms with Gasteiger partial charge in [-0.1, -0.05) is 24.3 Å². The number of hydrogen-bond acceptors (Lipinski definition) is 4. The summed E-state index contributed by atoms with van der Waals surface area (Å²) in [6, 6.07) is 16.1. The van der Waals surface area contributed by atoms with Gasteiger partial charge in [0.15, 0.2) is 5.96 Å². The Kier molecular flexibility index (Phi) is 6.63. The number of phenols is 1. The lowest BCUT2D eigenvalue weighted by atomic mass is 10.2. The van der Waals surface area contributed by atoms with Crippen molar-refractivity contribution in [3.8, 4) is 5.75 Å². The van der Waals surface area contributed by atoms with Gasteiger partial charge in [-0.15, -0.1) is 0 Å². The maximum Gasteiger partial charge on any atom is 0.194 e. The van der Waals surface area contributed by atoms with Crippen LogP contribution in [0.1, 0.15) is 12.5 Å².